The lowest BCUT2D eigenvalue weighted by Crippen LogP contribution is -2.42. The van der Waals surface area contributed by atoms with E-state index in [1.807, 2.05) is 0 Å². The fourth-order valence-electron chi connectivity index (χ4n) is 1.22. The molecule has 0 atom stereocenters. The average molecular weight is 214 g/mol. The molecule has 15 heavy (non-hydrogen) atoms. The van der Waals surface area contributed by atoms with Crippen molar-refractivity contribution in [1.29, 1.82) is 0 Å². The molecule has 0 heterocycles. The number of methoxy groups -OCH3 is 1. The molecule has 1 saturated carbocycles. The molecular formula is C10H22N4O. The highest BCUT2D eigenvalue weighted by atomic mass is 16.5. The monoisotopic (exact) mass is 214 g/mol. The molecule has 0 radical (unpaired) electrons. The minimum atomic E-state index is 0.427. The molecule has 1 rings (SSSR count). The zero-order chi connectivity index (χ0) is 11.1. The van der Waals surface area contributed by atoms with Crippen LogP contribution in [0.1, 0.15) is 26.2 Å². The van der Waals surface area contributed by atoms with Crippen LogP contribution < -0.4 is 16.6 Å². The van der Waals surface area contributed by atoms with Crippen LogP contribution in [-0.4, -0.2) is 32.8 Å². The minimum absolute atomic E-state index is 0.427. The summed E-state index contributed by atoms with van der Waals surface area (Å²) in [6.45, 7) is 4.68. The molecule has 0 aromatic carbocycles. The van der Waals surface area contributed by atoms with E-state index in [-0.39, 0.29) is 0 Å². The number of nitrogens with two attached hydrogens (primary N) is 1. The second-order valence-electron chi connectivity index (χ2n) is 4.39. The maximum atomic E-state index is 5.36. The van der Waals surface area contributed by atoms with Gasteiger partial charge in [0, 0.05) is 26.8 Å². The summed E-state index contributed by atoms with van der Waals surface area (Å²) < 4.78 is 4.95. The SMILES string of the molecule is COCCCNC(=NCC1(C)CC1)NN. The number of hydrogen-bond donors (Lipinski definition) is 3. The Bertz CT molecular complexity index is 213. The summed E-state index contributed by atoms with van der Waals surface area (Å²) in [7, 11) is 1.70. The van der Waals surface area contributed by atoms with E-state index in [9.17, 15) is 0 Å². The number of hydrogen-bond acceptors (Lipinski definition) is 3. The first-order valence-corrected chi connectivity index (χ1v) is 5.44. The quantitative estimate of drug-likeness (QED) is 0.195. The maximum Gasteiger partial charge on any atom is 0.205 e. The molecule has 1 fully saturated rings. The van der Waals surface area contributed by atoms with Crippen molar-refractivity contribution in [3.8, 4) is 0 Å². The summed E-state index contributed by atoms with van der Waals surface area (Å²) in [6, 6.07) is 0. The molecule has 0 aliphatic heterocycles. The van der Waals surface area contributed by atoms with E-state index in [4.69, 9.17) is 10.6 Å². The molecule has 5 nitrogen and oxygen atoms in total. The minimum Gasteiger partial charge on any atom is -0.385 e. The summed E-state index contributed by atoms with van der Waals surface area (Å²) in [5.74, 6) is 6.04. The number of guanidine groups is 1. The Kier molecular flexibility index (Phi) is 4.84. The fraction of sp³-hybridized carbons (Fsp3) is 0.900. The zero-order valence-corrected chi connectivity index (χ0v) is 9.68. The first kappa shape index (κ1) is 12.3. The van der Waals surface area contributed by atoms with Crippen molar-refractivity contribution in [2.24, 2.45) is 16.3 Å². The highest BCUT2D eigenvalue weighted by Crippen LogP contribution is 2.44. The maximum absolute atomic E-state index is 5.36. The number of aliphatic imine (C=N–C) groups is 1. The molecule has 1 aliphatic rings. The van der Waals surface area contributed by atoms with E-state index < -0.39 is 0 Å². The molecule has 4 N–H and O–H groups in total. The fourth-order valence-corrected chi connectivity index (χ4v) is 1.22. The Morgan fingerprint density at radius 2 is 2.27 bits per heavy atom. The van der Waals surface area contributed by atoms with E-state index in [1.54, 1.807) is 7.11 Å². The van der Waals surface area contributed by atoms with Gasteiger partial charge >= 0.3 is 0 Å². The second kappa shape index (κ2) is 5.92. The largest absolute Gasteiger partial charge is 0.385 e. The molecule has 0 aromatic heterocycles. The molecule has 0 saturated heterocycles. The van der Waals surface area contributed by atoms with Crippen LogP contribution in [-0.2, 0) is 4.74 Å². The third kappa shape index (κ3) is 4.99. The van der Waals surface area contributed by atoms with Crippen molar-refractivity contribution < 1.29 is 4.74 Å². The van der Waals surface area contributed by atoms with Gasteiger partial charge in [0.2, 0.25) is 5.96 Å². The lowest BCUT2D eigenvalue weighted by atomic mass is 10.1. The summed E-state index contributed by atoms with van der Waals surface area (Å²) in [4.78, 5) is 4.40. The molecule has 5 heteroatoms. The van der Waals surface area contributed by atoms with Gasteiger partial charge in [-0.3, -0.25) is 10.4 Å². The predicted molar refractivity (Wildman–Crippen MR) is 61.5 cm³/mol. The molecule has 0 unspecified atom stereocenters. The predicted octanol–water partition coefficient (Wildman–Crippen LogP) is 0.232. The lowest BCUT2D eigenvalue weighted by molar-refractivity contribution is 0.195. The summed E-state index contributed by atoms with van der Waals surface area (Å²) in [6.07, 6.45) is 3.50. The van der Waals surface area contributed by atoms with Gasteiger partial charge in [-0.2, -0.15) is 0 Å². The van der Waals surface area contributed by atoms with Crippen LogP contribution in [0.25, 0.3) is 0 Å². The molecule has 0 aromatic rings. The van der Waals surface area contributed by atoms with E-state index in [0.29, 0.717) is 11.4 Å². The Balaban J connectivity index is 2.16. The third-order valence-corrected chi connectivity index (χ3v) is 2.68. The third-order valence-electron chi connectivity index (χ3n) is 2.68. The van der Waals surface area contributed by atoms with Gasteiger partial charge in [-0.15, -0.1) is 0 Å². The van der Waals surface area contributed by atoms with Gasteiger partial charge in [0.05, 0.1) is 0 Å². The van der Waals surface area contributed by atoms with Crippen molar-refractivity contribution in [2.45, 2.75) is 26.2 Å². The molecule has 0 amide bonds. The molecule has 0 bridgehead atoms. The molecule has 88 valence electrons. The smallest absolute Gasteiger partial charge is 0.205 e. The summed E-state index contributed by atoms with van der Waals surface area (Å²) in [5, 5.41) is 3.14. The van der Waals surface area contributed by atoms with Crippen LogP contribution >= 0.6 is 0 Å². The Morgan fingerprint density at radius 1 is 1.53 bits per heavy atom. The van der Waals surface area contributed by atoms with Crippen LogP contribution in [0.2, 0.25) is 0 Å². The van der Waals surface area contributed by atoms with Gasteiger partial charge in [-0.1, -0.05) is 6.92 Å². The van der Waals surface area contributed by atoms with Crippen molar-refractivity contribution in [2.75, 3.05) is 26.8 Å². The highest BCUT2D eigenvalue weighted by molar-refractivity contribution is 5.79. The van der Waals surface area contributed by atoms with E-state index in [1.165, 1.54) is 12.8 Å². The van der Waals surface area contributed by atoms with E-state index >= 15 is 0 Å². The van der Waals surface area contributed by atoms with Gasteiger partial charge in [0.1, 0.15) is 0 Å². The topological polar surface area (TPSA) is 71.7 Å². The van der Waals surface area contributed by atoms with Crippen molar-refractivity contribution >= 4 is 5.96 Å². The van der Waals surface area contributed by atoms with E-state index in [0.717, 1.165) is 26.1 Å². The first-order chi connectivity index (χ1) is 7.20. The zero-order valence-electron chi connectivity index (χ0n) is 9.68. The molecule has 1 aliphatic carbocycles. The van der Waals surface area contributed by atoms with Gasteiger partial charge < -0.3 is 10.1 Å². The van der Waals surface area contributed by atoms with Crippen molar-refractivity contribution in [1.82, 2.24) is 10.7 Å². The number of hydrazine groups is 1. The van der Waals surface area contributed by atoms with Crippen LogP contribution in [0.3, 0.4) is 0 Å². The Morgan fingerprint density at radius 3 is 2.80 bits per heavy atom. The standard InChI is InChI=1S/C10H22N4O/c1-10(4-5-10)8-13-9(14-11)12-6-3-7-15-2/h3-8,11H2,1-2H3,(H2,12,13,14). The van der Waals surface area contributed by atoms with Crippen LogP contribution in [0, 0.1) is 5.41 Å². The Hall–Kier alpha value is -0.810. The van der Waals surface area contributed by atoms with Gasteiger partial charge in [-0.05, 0) is 24.7 Å². The molecule has 0 spiro atoms. The number of ether oxygens (including phenoxy) is 1. The normalized spacial score (nSPS) is 18.7. The molecular weight excluding hydrogens is 192 g/mol. The number of nitrogens with one attached hydrogen (secondary N) is 2. The van der Waals surface area contributed by atoms with Crippen molar-refractivity contribution in [3.63, 3.8) is 0 Å². The summed E-state index contributed by atoms with van der Waals surface area (Å²) in [5.41, 5.74) is 3.00. The lowest BCUT2D eigenvalue weighted by Gasteiger charge is -2.10. The average Bonchev–Trinajstić information content (AvgIpc) is 2.96. The van der Waals surface area contributed by atoms with Crippen molar-refractivity contribution in [3.05, 3.63) is 0 Å². The van der Waals surface area contributed by atoms with Gasteiger partial charge in [0.15, 0.2) is 0 Å². The highest BCUT2D eigenvalue weighted by Gasteiger charge is 2.36. The van der Waals surface area contributed by atoms with Crippen LogP contribution in [0.5, 0.6) is 0 Å². The number of rotatable bonds is 6. The van der Waals surface area contributed by atoms with Gasteiger partial charge in [-0.25, -0.2) is 5.84 Å². The summed E-state index contributed by atoms with van der Waals surface area (Å²) >= 11 is 0. The first-order valence-electron chi connectivity index (χ1n) is 5.44. The van der Waals surface area contributed by atoms with Gasteiger partial charge in [0.25, 0.3) is 0 Å². The second-order valence-corrected chi connectivity index (χ2v) is 4.39. The van der Waals surface area contributed by atoms with E-state index in [2.05, 4.69) is 22.7 Å². The van der Waals surface area contributed by atoms with Crippen LogP contribution in [0.15, 0.2) is 4.99 Å². The number of nitrogens with zero attached hydrogens (tertiary/aromatic N) is 1. The Labute approximate surface area is 91.4 Å². The van der Waals surface area contributed by atoms with Crippen LogP contribution in [0.4, 0.5) is 0 Å².